The van der Waals surface area contributed by atoms with Crippen LogP contribution in [0.5, 0.6) is 0 Å². The van der Waals surface area contributed by atoms with Crippen molar-refractivity contribution < 1.29 is 18.8 Å². The molecule has 4 aromatic rings. The van der Waals surface area contributed by atoms with Gasteiger partial charge in [-0.15, -0.1) is 11.3 Å². The molecule has 1 aliphatic rings. The molecule has 0 bridgehead atoms. The second-order valence-electron chi connectivity index (χ2n) is 7.29. The number of amides is 4. The van der Waals surface area contributed by atoms with Crippen molar-refractivity contribution in [2.75, 3.05) is 0 Å². The number of hydrogen-bond acceptors (Lipinski definition) is 6. The van der Waals surface area contributed by atoms with Crippen molar-refractivity contribution in [2.24, 2.45) is 0 Å². The van der Waals surface area contributed by atoms with Gasteiger partial charge in [0.15, 0.2) is 16.5 Å². The van der Waals surface area contributed by atoms with Crippen LogP contribution in [0.1, 0.15) is 29.5 Å². The van der Waals surface area contributed by atoms with Crippen LogP contribution in [0.3, 0.4) is 0 Å². The third-order valence-corrected chi connectivity index (χ3v) is 6.49. The summed E-state index contributed by atoms with van der Waals surface area (Å²) in [5, 5.41) is 4.06. The third-order valence-electron chi connectivity index (χ3n) is 5.44. The van der Waals surface area contributed by atoms with Crippen LogP contribution in [0, 0.1) is 0 Å². The van der Waals surface area contributed by atoms with E-state index in [1.807, 2.05) is 30.3 Å². The van der Waals surface area contributed by atoms with E-state index in [4.69, 9.17) is 4.42 Å². The van der Waals surface area contributed by atoms with Crippen molar-refractivity contribution >= 4 is 39.4 Å². The Balaban J connectivity index is 1.37. The second kappa shape index (κ2) is 7.61. The van der Waals surface area contributed by atoms with Crippen LogP contribution in [0.25, 0.3) is 21.0 Å². The number of para-hydroxylation sites is 1. The molecule has 9 heteroatoms. The highest BCUT2D eigenvalue weighted by Crippen LogP contribution is 2.33. The molecule has 0 saturated carbocycles. The number of thiazole rings is 1. The average Bonchev–Trinajstić information content (AvgIpc) is 3.52. The fraction of sp³-hybridized carbons (Fsp3) is 0.130. The van der Waals surface area contributed by atoms with Crippen LogP contribution >= 0.6 is 11.3 Å². The van der Waals surface area contributed by atoms with E-state index >= 15 is 0 Å². The number of aromatic nitrogens is 1. The number of carbonyl (C=O) groups is 3. The Hall–Kier alpha value is -3.98. The number of hydrogen-bond donors (Lipinski definition) is 2. The molecule has 2 aromatic carbocycles. The number of hydrazine groups is 1. The predicted molar refractivity (Wildman–Crippen MR) is 119 cm³/mol. The molecule has 160 valence electrons. The monoisotopic (exact) mass is 446 g/mol. The van der Waals surface area contributed by atoms with Crippen molar-refractivity contribution in [3.8, 4) is 10.8 Å². The molecule has 0 unspecified atom stereocenters. The number of urea groups is 1. The van der Waals surface area contributed by atoms with Gasteiger partial charge in [0, 0.05) is 0 Å². The lowest BCUT2D eigenvalue weighted by atomic mass is 9.87. The van der Waals surface area contributed by atoms with Gasteiger partial charge in [0.2, 0.25) is 0 Å². The quantitative estimate of drug-likeness (QED) is 0.450. The minimum atomic E-state index is -1.24. The highest BCUT2D eigenvalue weighted by Gasteiger charge is 2.52. The summed E-state index contributed by atoms with van der Waals surface area (Å²) in [6.45, 7) is 1.80. The summed E-state index contributed by atoms with van der Waals surface area (Å²) < 4.78 is 6.67. The molecule has 32 heavy (non-hydrogen) atoms. The van der Waals surface area contributed by atoms with Gasteiger partial charge in [-0.1, -0.05) is 49.4 Å². The summed E-state index contributed by atoms with van der Waals surface area (Å²) >= 11 is 1.44. The number of carbonyl (C=O) groups excluding carboxylic acids is 3. The lowest BCUT2D eigenvalue weighted by Crippen LogP contribution is -2.48. The molecule has 0 radical (unpaired) electrons. The van der Waals surface area contributed by atoms with Crippen LogP contribution in [0.4, 0.5) is 4.79 Å². The largest absolute Gasteiger partial charge is 0.448 e. The SMILES string of the molecule is CC[C@]1(c2ccccc2)NC(=O)N(NC(=O)c2ccc(-c3nc4ccccc4s3)o2)C1=O. The van der Waals surface area contributed by atoms with Crippen molar-refractivity contribution in [1.82, 2.24) is 20.7 Å². The maximum atomic E-state index is 13.2. The number of fused-ring (bicyclic) bond motifs is 1. The fourth-order valence-electron chi connectivity index (χ4n) is 3.75. The van der Waals surface area contributed by atoms with E-state index < -0.39 is 23.4 Å². The van der Waals surface area contributed by atoms with E-state index in [-0.39, 0.29) is 5.76 Å². The van der Waals surface area contributed by atoms with E-state index in [0.29, 0.717) is 27.8 Å². The zero-order valence-corrected chi connectivity index (χ0v) is 17.8. The van der Waals surface area contributed by atoms with E-state index in [1.54, 1.807) is 37.3 Å². The summed E-state index contributed by atoms with van der Waals surface area (Å²) in [5.41, 5.74) is 2.62. The van der Waals surface area contributed by atoms with Crippen molar-refractivity contribution in [3.63, 3.8) is 0 Å². The molecule has 1 aliphatic heterocycles. The Morgan fingerprint density at radius 1 is 1.09 bits per heavy atom. The smallest absolute Gasteiger partial charge is 0.344 e. The van der Waals surface area contributed by atoms with E-state index in [1.165, 1.54) is 17.4 Å². The number of rotatable bonds is 5. The molecule has 5 rings (SSSR count). The van der Waals surface area contributed by atoms with E-state index in [9.17, 15) is 14.4 Å². The van der Waals surface area contributed by atoms with Gasteiger partial charge in [0.1, 0.15) is 5.54 Å². The topological polar surface area (TPSA) is 105 Å². The number of furan rings is 1. The lowest BCUT2D eigenvalue weighted by Gasteiger charge is -2.25. The summed E-state index contributed by atoms with van der Waals surface area (Å²) in [6.07, 6.45) is 0.330. The zero-order chi connectivity index (χ0) is 22.3. The van der Waals surface area contributed by atoms with Gasteiger partial charge >= 0.3 is 11.9 Å². The Morgan fingerprint density at radius 3 is 2.59 bits per heavy atom. The van der Waals surface area contributed by atoms with Gasteiger partial charge in [-0.3, -0.25) is 9.59 Å². The lowest BCUT2D eigenvalue weighted by molar-refractivity contribution is -0.133. The molecule has 8 nitrogen and oxygen atoms in total. The standard InChI is InChI=1S/C23H18N4O4S/c1-2-23(14-8-4-3-5-9-14)21(29)27(22(30)25-23)26-19(28)16-12-13-17(31-16)20-24-15-10-6-7-11-18(15)32-20/h3-13H,2H2,1H3,(H,25,30)(H,26,28)/t23-/m1/s1. The first-order valence-corrected chi connectivity index (χ1v) is 10.8. The normalized spacial score (nSPS) is 18.2. The van der Waals surface area contributed by atoms with Gasteiger partial charge in [-0.25, -0.2) is 15.2 Å². The van der Waals surface area contributed by atoms with Crippen LogP contribution in [0.15, 0.2) is 71.1 Å². The van der Waals surface area contributed by atoms with Crippen LogP contribution < -0.4 is 10.7 Å². The molecule has 2 N–H and O–H groups in total. The molecule has 2 aromatic heterocycles. The van der Waals surface area contributed by atoms with Crippen molar-refractivity contribution in [2.45, 2.75) is 18.9 Å². The third kappa shape index (κ3) is 3.14. The minimum Gasteiger partial charge on any atom is -0.448 e. The average molecular weight is 446 g/mol. The van der Waals surface area contributed by atoms with Gasteiger partial charge in [-0.05, 0) is 36.2 Å². The Bertz CT molecular complexity index is 1310. The van der Waals surface area contributed by atoms with Gasteiger partial charge in [-0.2, -0.15) is 5.01 Å². The highest BCUT2D eigenvalue weighted by atomic mass is 32.1. The number of nitrogens with zero attached hydrogens (tertiary/aromatic N) is 2. The van der Waals surface area contributed by atoms with Crippen LogP contribution in [0.2, 0.25) is 0 Å². The van der Waals surface area contributed by atoms with Gasteiger partial charge in [0.05, 0.1) is 10.2 Å². The number of nitrogens with one attached hydrogen (secondary N) is 2. The van der Waals surface area contributed by atoms with Gasteiger partial charge < -0.3 is 9.73 Å². The highest BCUT2D eigenvalue weighted by molar-refractivity contribution is 7.21. The maximum absolute atomic E-state index is 13.2. The first-order chi connectivity index (χ1) is 15.5. The Labute approximate surface area is 186 Å². The summed E-state index contributed by atoms with van der Waals surface area (Å²) in [6, 6.07) is 19.0. The molecule has 4 amide bonds. The molecular formula is C23H18N4O4S. The molecule has 1 fully saturated rings. The first-order valence-electron chi connectivity index (χ1n) is 10.0. The molecule has 0 aliphatic carbocycles. The predicted octanol–water partition coefficient (Wildman–Crippen LogP) is 4.06. The van der Waals surface area contributed by atoms with Crippen LogP contribution in [-0.4, -0.2) is 27.8 Å². The summed E-state index contributed by atoms with van der Waals surface area (Å²) in [7, 11) is 0. The van der Waals surface area contributed by atoms with Crippen LogP contribution in [-0.2, 0) is 10.3 Å². The number of benzene rings is 2. The first kappa shape index (κ1) is 20.0. The fourth-order valence-corrected chi connectivity index (χ4v) is 4.68. The second-order valence-corrected chi connectivity index (χ2v) is 8.32. The summed E-state index contributed by atoms with van der Waals surface area (Å²) in [4.78, 5) is 43.0. The van der Waals surface area contributed by atoms with Gasteiger partial charge in [0.25, 0.3) is 5.91 Å². The molecule has 1 saturated heterocycles. The van der Waals surface area contributed by atoms with Crippen molar-refractivity contribution in [1.29, 1.82) is 0 Å². The van der Waals surface area contributed by atoms with E-state index in [2.05, 4.69) is 15.7 Å². The Kier molecular flexibility index (Phi) is 4.75. The zero-order valence-electron chi connectivity index (χ0n) is 17.0. The Morgan fingerprint density at radius 2 is 1.84 bits per heavy atom. The van der Waals surface area contributed by atoms with E-state index in [0.717, 1.165) is 10.2 Å². The summed E-state index contributed by atoms with van der Waals surface area (Å²) in [5.74, 6) is -0.863. The molecule has 1 atom stereocenters. The molecule has 3 heterocycles. The number of imide groups is 1. The molecular weight excluding hydrogens is 428 g/mol. The molecule has 0 spiro atoms. The maximum Gasteiger partial charge on any atom is 0.344 e. The van der Waals surface area contributed by atoms with Crippen molar-refractivity contribution in [3.05, 3.63) is 78.1 Å². The minimum absolute atomic E-state index is 0.0337.